The van der Waals surface area contributed by atoms with Crippen LogP contribution in [0.5, 0.6) is 5.75 Å². The molecule has 9 heteroatoms. The summed E-state index contributed by atoms with van der Waals surface area (Å²) < 4.78 is 49.8. The highest BCUT2D eigenvalue weighted by Gasteiger charge is 2.28. The van der Waals surface area contributed by atoms with E-state index in [2.05, 4.69) is 0 Å². The maximum atomic E-state index is 12.8. The number of carbonyl (C=O) groups is 1. The maximum absolute atomic E-state index is 12.8. The van der Waals surface area contributed by atoms with E-state index in [1.165, 1.54) is 37.3 Å². The lowest BCUT2D eigenvalue weighted by atomic mass is 10.0. The fourth-order valence-corrected chi connectivity index (χ4v) is 3.20. The van der Waals surface area contributed by atoms with Crippen molar-refractivity contribution in [2.75, 3.05) is 0 Å². The van der Waals surface area contributed by atoms with Gasteiger partial charge in [0.1, 0.15) is 17.6 Å². The Morgan fingerprint density at radius 3 is 2.63 bits per heavy atom. The second-order valence-electron chi connectivity index (χ2n) is 6.74. The fourth-order valence-electron chi connectivity index (χ4n) is 2.99. The molecule has 3 rings (SSSR count). The van der Waals surface area contributed by atoms with Crippen LogP contribution in [0.4, 0.5) is 13.2 Å². The quantitative estimate of drug-likeness (QED) is 0.550. The van der Waals surface area contributed by atoms with Crippen molar-refractivity contribution < 1.29 is 32.2 Å². The molecule has 1 N–H and O–H groups in total. The first-order valence-electron chi connectivity index (χ1n) is 8.84. The van der Waals surface area contributed by atoms with Crippen molar-refractivity contribution >= 4 is 28.5 Å². The third-order valence-electron chi connectivity index (χ3n) is 4.21. The minimum Gasteiger partial charge on any atom is -0.489 e. The number of para-hydroxylation sites is 1. The number of hydrogen-bond donors (Lipinski definition) is 1. The van der Waals surface area contributed by atoms with E-state index in [-0.39, 0.29) is 45.0 Å². The Kier molecular flexibility index (Phi) is 6.07. The smallest absolute Gasteiger partial charge is 0.393 e. The standard InChI is InChI=1S/C21H16ClF3O5/c1-11(7-19(27)28)29-17-8-12(10-21(23,24)25)5-6-14(17)18-9-16(26)13-3-2-4-15(22)20(13)30-18/h2-6,8-9,11H,7,10H2,1H3,(H,27,28). The number of carboxylic acids is 1. The molecule has 0 saturated carbocycles. The average Bonchev–Trinajstić information content (AvgIpc) is 2.60. The van der Waals surface area contributed by atoms with Gasteiger partial charge < -0.3 is 14.3 Å². The second kappa shape index (κ2) is 8.39. The first-order valence-corrected chi connectivity index (χ1v) is 9.22. The molecule has 1 aromatic heterocycles. The number of benzene rings is 2. The molecule has 3 aromatic rings. The van der Waals surface area contributed by atoms with Gasteiger partial charge in [-0.2, -0.15) is 13.2 Å². The van der Waals surface area contributed by atoms with Gasteiger partial charge >= 0.3 is 12.1 Å². The van der Waals surface area contributed by atoms with Crippen molar-refractivity contribution in [2.24, 2.45) is 0 Å². The van der Waals surface area contributed by atoms with Crippen LogP contribution in [0, 0.1) is 0 Å². The number of ether oxygens (including phenoxy) is 1. The van der Waals surface area contributed by atoms with E-state index in [1.54, 1.807) is 6.07 Å². The molecule has 0 fully saturated rings. The zero-order valence-corrected chi connectivity index (χ0v) is 16.4. The van der Waals surface area contributed by atoms with Crippen molar-refractivity contribution in [3.8, 4) is 17.1 Å². The van der Waals surface area contributed by atoms with E-state index in [9.17, 15) is 22.8 Å². The van der Waals surface area contributed by atoms with Gasteiger partial charge in [0.15, 0.2) is 11.0 Å². The first kappa shape index (κ1) is 21.7. The van der Waals surface area contributed by atoms with Gasteiger partial charge in [-0.15, -0.1) is 0 Å². The summed E-state index contributed by atoms with van der Waals surface area (Å²) in [5.74, 6) is -1.11. The molecule has 0 spiro atoms. The summed E-state index contributed by atoms with van der Waals surface area (Å²) in [7, 11) is 0. The summed E-state index contributed by atoms with van der Waals surface area (Å²) in [6, 6.07) is 9.60. The van der Waals surface area contributed by atoms with Crippen molar-refractivity contribution in [3.63, 3.8) is 0 Å². The minimum atomic E-state index is -4.44. The lowest BCUT2D eigenvalue weighted by Gasteiger charge is -2.18. The molecule has 0 aliphatic carbocycles. The first-order chi connectivity index (χ1) is 14.0. The van der Waals surface area contributed by atoms with Gasteiger partial charge in [-0.1, -0.05) is 23.7 Å². The van der Waals surface area contributed by atoms with Crippen LogP contribution in [0.15, 0.2) is 51.7 Å². The van der Waals surface area contributed by atoms with Crippen LogP contribution >= 0.6 is 11.6 Å². The third kappa shape index (κ3) is 5.13. The lowest BCUT2D eigenvalue weighted by molar-refractivity contribution is -0.138. The number of hydrogen-bond acceptors (Lipinski definition) is 4. The third-order valence-corrected chi connectivity index (χ3v) is 4.51. The highest BCUT2D eigenvalue weighted by Crippen LogP contribution is 2.35. The minimum absolute atomic E-state index is 0.0277. The molecular weight excluding hydrogens is 425 g/mol. The summed E-state index contributed by atoms with van der Waals surface area (Å²) in [6.45, 7) is 1.47. The fraction of sp³-hybridized carbons (Fsp3) is 0.238. The molecule has 0 bridgehead atoms. The van der Waals surface area contributed by atoms with Crippen LogP contribution in [0.2, 0.25) is 5.02 Å². The normalized spacial score (nSPS) is 12.7. The van der Waals surface area contributed by atoms with Crippen molar-refractivity contribution in [2.45, 2.75) is 32.0 Å². The van der Waals surface area contributed by atoms with Crippen molar-refractivity contribution in [1.29, 1.82) is 0 Å². The number of fused-ring (bicyclic) bond motifs is 1. The van der Waals surface area contributed by atoms with Crippen LogP contribution in [0.1, 0.15) is 18.9 Å². The summed E-state index contributed by atoms with van der Waals surface area (Å²) in [5.41, 5.74) is -0.134. The van der Waals surface area contributed by atoms with Crippen LogP contribution in [0.25, 0.3) is 22.3 Å². The van der Waals surface area contributed by atoms with E-state index in [0.717, 1.165) is 6.07 Å². The maximum Gasteiger partial charge on any atom is 0.393 e. The molecule has 0 amide bonds. The highest BCUT2D eigenvalue weighted by molar-refractivity contribution is 6.34. The molecule has 1 heterocycles. The average molecular weight is 441 g/mol. The van der Waals surface area contributed by atoms with E-state index < -0.39 is 30.1 Å². The number of aliphatic carboxylic acids is 1. The molecule has 0 aliphatic heterocycles. The van der Waals surface area contributed by atoms with E-state index in [4.69, 9.17) is 25.9 Å². The summed E-state index contributed by atoms with van der Waals surface area (Å²) in [4.78, 5) is 23.4. The lowest BCUT2D eigenvalue weighted by Crippen LogP contribution is -2.17. The Morgan fingerprint density at radius 2 is 1.97 bits per heavy atom. The van der Waals surface area contributed by atoms with Gasteiger partial charge in [0.25, 0.3) is 0 Å². The highest BCUT2D eigenvalue weighted by atomic mass is 35.5. The number of alkyl halides is 3. The van der Waals surface area contributed by atoms with Crippen LogP contribution in [-0.4, -0.2) is 23.4 Å². The summed E-state index contributed by atoms with van der Waals surface area (Å²) in [6.07, 6.45) is -6.83. The van der Waals surface area contributed by atoms with Gasteiger partial charge in [0.05, 0.1) is 28.8 Å². The van der Waals surface area contributed by atoms with Gasteiger partial charge in [-0.05, 0) is 36.8 Å². The van der Waals surface area contributed by atoms with Crippen molar-refractivity contribution in [3.05, 3.63) is 63.3 Å². The van der Waals surface area contributed by atoms with E-state index in [1.807, 2.05) is 0 Å². The van der Waals surface area contributed by atoms with Crippen LogP contribution in [0.3, 0.4) is 0 Å². The Bertz CT molecular complexity index is 1150. The molecule has 0 radical (unpaired) electrons. The predicted molar refractivity (Wildman–Crippen MR) is 105 cm³/mol. The molecule has 0 saturated heterocycles. The van der Waals surface area contributed by atoms with Crippen molar-refractivity contribution in [1.82, 2.24) is 0 Å². The molecule has 158 valence electrons. The zero-order valence-electron chi connectivity index (χ0n) is 15.6. The van der Waals surface area contributed by atoms with Gasteiger partial charge in [-0.25, -0.2) is 0 Å². The number of carboxylic acid groups (broad SMARTS) is 1. The topological polar surface area (TPSA) is 76.7 Å². The monoisotopic (exact) mass is 440 g/mol. The largest absolute Gasteiger partial charge is 0.489 e. The SMILES string of the molecule is CC(CC(=O)O)Oc1cc(CC(F)(F)F)ccc1-c1cc(=O)c2cccc(Cl)c2o1. The summed E-state index contributed by atoms with van der Waals surface area (Å²) >= 11 is 6.11. The molecule has 1 atom stereocenters. The number of halogens is 4. The second-order valence-corrected chi connectivity index (χ2v) is 7.15. The predicted octanol–water partition coefficient (Wildman–Crippen LogP) is 5.46. The number of rotatable bonds is 6. The Balaban J connectivity index is 2.13. The summed E-state index contributed by atoms with van der Waals surface area (Å²) in [5, 5.41) is 9.39. The molecular formula is C21H16ClF3O5. The molecule has 0 aliphatic rings. The van der Waals surface area contributed by atoms with Gasteiger partial charge in [-0.3, -0.25) is 9.59 Å². The van der Waals surface area contributed by atoms with Gasteiger partial charge in [0, 0.05) is 6.07 Å². The van der Waals surface area contributed by atoms with Crippen LogP contribution < -0.4 is 10.2 Å². The van der Waals surface area contributed by atoms with Gasteiger partial charge in [0.2, 0.25) is 0 Å². The molecule has 1 unspecified atom stereocenters. The Labute approximate surface area is 173 Å². The Hall–Kier alpha value is -3.00. The molecule has 30 heavy (non-hydrogen) atoms. The van der Waals surface area contributed by atoms with E-state index >= 15 is 0 Å². The molecule has 2 aromatic carbocycles. The van der Waals surface area contributed by atoms with E-state index in [0.29, 0.717) is 0 Å². The molecule has 5 nitrogen and oxygen atoms in total. The zero-order chi connectivity index (χ0) is 22.1. The Morgan fingerprint density at radius 1 is 1.23 bits per heavy atom. The van der Waals surface area contributed by atoms with Crippen LogP contribution in [-0.2, 0) is 11.2 Å².